The van der Waals surface area contributed by atoms with Gasteiger partial charge in [0.05, 0.1) is 23.5 Å². The summed E-state index contributed by atoms with van der Waals surface area (Å²) in [5.41, 5.74) is 1.72. The highest BCUT2D eigenvalue weighted by Crippen LogP contribution is 2.18. The molecule has 3 aromatic rings. The minimum Gasteiger partial charge on any atom is -0.407 e. The minimum atomic E-state index is -3.25. The molecular weight excluding hydrogens is 410 g/mol. The highest BCUT2D eigenvalue weighted by molar-refractivity contribution is 7.98. The number of sulfone groups is 1. The van der Waals surface area contributed by atoms with E-state index in [2.05, 4.69) is 15.5 Å². The Kier molecular flexibility index (Phi) is 6.71. The maximum atomic E-state index is 12.2. The lowest BCUT2D eigenvalue weighted by molar-refractivity contribution is -0.115. The zero-order chi connectivity index (χ0) is 20.9. The molecule has 152 valence electrons. The van der Waals surface area contributed by atoms with Crippen LogP contribution in [0.2, 0.25) is 0 Å². The van der Waals surface area contributed by atoms with E-state index in [1.165, 1.54) is 17.0 Å². The van der Waals surface area contributed by atoms with Gasteiger partial charge in [0.15, 0.2) is 9.84 Å². The first-order valence-corrected chi connectivity index (χ1v) is 11.8. The van der Waals surface area contributed by atoms with Gasteiger partial charge in [-0.05, 0) is 41.6 Å². The van der Waals surface area contributed by atoms with Crippen molar-refractivity contribution in [2.75, 3.05) is 17.3 Å². The molecule has 3 rings (SSSR count). The maximum Gasteiger partial charge on any atom is 0.322 e. The number of aromatic nitrogens is 2. The number of carbonyl (C=O) groups excluding carboxylic acids is 1. The highest BCUT2D eigenvalue weighted by atomic mass is 32.2. The van der Waals surface area contributed by atoms with E-state index in [-0.39, 0.29) is 29.0 Å². The van der Waals surface area contributed by atoms with Crippen LogP contribution in [-0.4, -0.2) is 36.5 Å². The number of carbonyl (C=O) groups is 1. The van der Waals surface area contributed by atoms with Gasteiger partial charge < -0.3 is 4.42 Å². The van der Waals surface area contributed by atoms with Crippen LogP contribution in [0.15, 0.2) is 62.7 Å². The van der Waals surface area contributed by atoms with Crippen LogP contribution in [0.25, 0.3) is 0 Å². The number of rotatable bonds is 8. The number of amides is 1. The van der Waals surface area contributed by atoms with Crippen LogP contribution >= 0.6 is 11.8 Å². The summed E-state index contributed by atoms with van der Waals surface area (Å²) < 4.78 is 29.2. The van der Waals surface area contributed by atoms with Gasteiger partial charge in [-0.15, -0.1) is 16.9 Å². The fourth-order valence-corrected chi connectivity index (χ4v) is 3.92. The van der Waals surface area contributed by atoms with Crippen molar-refractivity contribution < 1.29 is 17.6 Å². The van der Waals surface area contributed by atoms with Gasteiger partial charge in [-0.25, -0.2) is 8.42 Å². The summed E-state index contributed by atoms with van der Waals surface area (Å²) in [5.74, 6) is 0.121. The van der Waals surface area contributed by atoms with Crippen LogP contribution in [0, 0.1) is 0 Å². The van der Waals surface area contributed by atoms with Gasteiger partial charge in [0.25, 0.3) is 0 Å². The first-order valence-electron chi connectivity index (χ1n) is 8.96. The first-order chi connectivity index (χ1) is 13.9. The molecule has 1 aromatic heterocycles. The van der Waals surface area contributed by atoms with Gasteiger partial charge in [-0.2, -0.15) is 0 Å². The van der Waals surface area contributed by atoms with Gasteiger partial charge in [0.1, 0.15) is 0 Å². The molecule has 2 aromatic carbocycles. The number of hydrogen-bond donors (Lipinski definition) is 1. The molecule has 9 heteroatoms. The van der Waals surface area contributed by atoms with Gasteiger partial charge in [0, 0.05) is 4.90 Å². The quantitative estimate of drug-likeness (QED) is 0.546. The third-order valence-electron chi connectivity index (χ3n) is 4.25. The third kappa shape index (κ3) is 5.68. The van der Waals surface area contributed by atoms with Crippen molar-refractivity contribution >= 4 is 33.5 Å². The fourth-order valence-electron chi connectivity index (χ4n) is 2.62. The summed E-state index contributed by atoms with van der Waals surface area (Å²) in [5, 5.41) is 10.4. The van der Waals surface area contributed by atoms with Crippen molar-refractivity contribution in [1.29, 1.82) is 0 Å². The highest BCUT2D eigenvalue weighted by Gasteiger charge is 2.13. The Morgan fingerprint density at radius 1 is 1.03 bits per heavy atom. The average Bonchev–Trinajstić information content (AvgIpc) is 3.15. The molecule has 0 aliphatic rings. The second kappa shape index (κ2) is 9.23. The maximum absolute atomic E-state index is 12.2. The number of nitrogens with one attached hydrogen (secondary N) is 1. The van der Waals surface area contributed by atoms with Crippen LogP contribution < -0.4 is 5.32 Å². The third-order valence-corrected chi connectivity index (χ3v) is 6.75. The summed E-state index contributed by atoms with van der Waals surface area (Å²) >= 11 is 1.67. The average molecular weight is 432 g/mol. The Labute approximate surface area is 173 Å². The SMILES string of the molecule is CCS(=O)(=O)c1ccc(CC(=O)Nc2nnc(Cc3ccc(SC)cc3)o2)cc1. The second-order valence-corrected chi connectivity index (χ2v) is 9.46. The van der Waals surface area contributed by atoms with Gasteiger partial charge in [-0.3, -0.25) is 10.1 Å². The van der Waals surface area contributed by atoms with E-state index in [0.29, 0.717) is 17.9 Å². The van der Waals surface area contributed by atoms with Crippen molar-refractivity contribution in [1.82, 2.24) is 10.2 Å². The van der Waals surface area contributed by atoms with E-state index in [0.717, 1.165) is 5.56 Å². The predicted octanol–water partition coefficient (Wildman–Crippen LogP) is 3.36. The molecule has 0 saturated heterocycles. The van der Waals surface area contributed by atoms with Crippen LogP contribution in [-0.2, 0) is 27.5 Å². The number of thioether (sulfide) groups is 1. The topological polar surface area (TPSA) is 102 Å². The summed E-state index contributed by atoms with van der Waals surface area (Å²) in [6.45, 7) is 1.59. The number of hydrogen-bond acceptors (Lipinski definition) is 7. The summed E-state index contributed by atoms with van der Waals surface area (Å²) in [4.78, 5) is 13.6. The van der Waals surface area contributed by atoms with Crippen LogP contribution in [0.3, 0.4) is 0 Å². The number of benzene rings is 2. The molecule has 1 N–H and O–H groups in total. The molecule has 0 atom stereocenters. The Morgan fingerprint density at radius 3 is 2.31 bits per heavy atom. The molecule has 0 saturated carbocycles. The number of anilines is 1. The molecule has 0 bridgehead atoms. The largest absolute Gasteiger partial charge is 0.407 e. The van der Waals surface area contributed by atoms with Crippen molar-refractivity contribution in [2.45, 2.75) is 29.6 Å². The summed E-state index contributed by atoms with van der Waals surface area (Å²) in [6, 6.07) is 14.3. The normalized spacial score (nSPS) is 11.4. The molecule has 1 heterocycles. The van der Waals surface area contributed by atoms with E-state index >= 15 is 0 Å². The van der Waals surface area contributed by atoms with E-state index in [9.17, 15) is 13.2 Å². The summed E-state index contributed by atoms with van der Waals surface area (Å²) in [6.07, 6.45) is 2.56. The first kappa shape index (κ1) is 21.1. The molecule has 29 heavy (non-hydrogen) atoms. The second-order valence-electron chi connectivity index (χ2n) is 6.30. The number of nitrogens with zero attached hydrogens (tertiary/aromatic N) is 2. The van der Waals surface area contributed by atoms with Gasteiger partial charge in [-0.1, -0.05) is 36.3 Å². The predicted molar refractivity (Wildman–Crippen MR) is 112 cm³/mol. The smallest absolute Gasteiger partial charge is 0.322 e. The van der Waals surface area contributed by atoms with Crippen molar-refractivity contribution in [3.8, 4) is 0 Å². The Hall–Kier alpha value is -2.65. The molecule has 0 aliphatic carbocycles. The van der Waals surface area contributed by atoms with E-state index in [1.807, 2.05) is 30.5 Å². The monoisotopic (exact) mass is 431 g/mol. The minimum absolute atomic E-state index is 0.0358. The van der Waals surface area contributed by atoms with E-state index < -0.39 is 9.84 Å². The van der Waals surface area contributed by atoms with E-state index in [1.54, 1.807) is 30.8 Å². The molecule has 0 spiro atoms. The van der Waals surface area contributed by atoms with Crippen molar-refractivity contribution in [3.63, 3.8) is 0 Å². The van der Waals surface area contributed by atoms with Gasteiger partial charge in [0.2, 0.25) is 11.8 Å². The Bertz CT molecular complexity index is 1080. The lowest BCUT2D eigenvalue weighted by atomic mass is 10.1. The molecule has 0 radical (unpaired) electrons. The van der Waals surface area contributed by atoms with Crippen LogP contribution in [0.4, 0.5) is 6.01 Å². The molecule has 7 nitrogen and oxygen atoms in total. The van der Waals surface area contributed by atoms with E-state index in [4.69, 9.17) is 4.42 Å². The molecular formula is C20H21N3O4S2. The van der Waals surface area contributed by atoms with Crippen molar-refractivity contribution in [2.24, 2.45) is 0 Å². The summed E-state index contributed by atoms with van der Waals surface area (Å²) in [7, 11) is -3.25. The van der Waals surface area contributed by atoms with Crippen LogP contribution in [0.1, 0.15) is 23.9 Å². The molecule has 0 aliphatic heterocycles. The molecule has 0 fully saturated rings. The van der Waals surface area contributed by atoms with Crippen molar-refractivity contribution in [3.05, 3.63) is 65.5 Å². The standard InChI is InChI=1S/C20H21N3O4S2/c1-3-29(25,26)17-10-6-14(7-11-17)12-18(24)21-20-23-22-19(27-20)13-15-4-8-16(28-2)9-5-15/h4-11H,3,12-13H2,1-2H3,(H,21,23,24). The molecule has 0 unspecified atom stereocenters. The lowest BCUT2D eigenvalue weighted by Gasteiger charge is -2.04. The Balaban J connectivity index is 1.57. The zero-order valence-corrected chi connectivity index (χ0v) is 17.7. The lowest BCUT2D eigenvalue weighted by Crippen LogP contribution is -2.14. The fraction of sp³-hybridized carbons (Fsp3) is 0.250. The van der Waals surface area contributed by atoms with Crippen LogP contribution in [0.5, 0.6) is 0 Å². The van der Waals surface area contributed by atoms with Gasteiger partial charge >= 0.3 is 6.01 Å². The zero-order valence-electron chi connectivity index (χ0n) is 16.1. The molecule has 1 amide bonds. The Morgan fingerprint density at radius 2 is 1.69 bits per heavy atom.